The second kappa shape index (κ2) is 7.95. The molecule has 2 aromatic rings. The molecular weight excluding hydrogens is 294 g/mol. The molecule has 2 rings (SSSR count). The van der Waals surface area contributed by atoms with E-state index >= 15 is 0 Å². The van der Waals surface area contributed by atoms with Crippen molar-refractivity contribution in [2.45, 2.75) is 0 Å². The van der Waals surface area contributed by atoms with E-state index in [1.165, 1.54) is 0 Å². The van der Waals surface area contributed by atoms with Crippen LogP contribution in [0.2, 0.25) is 0 Å². The van der Waals surface area contributed by atoms with Crippen molar-refractivity contribution in [2.24, 2.45) is 0 Å². The molecule has 0 fully saturated rings. The van der Waals surface area contributed by atoms with Crippen molar-refractivity contribution in [3.05, 3.63) is 72.8 Å². The number of hydrogen-bond donors (Lipinski definition) is 3. The maximum absolute atomic E-state index is 12.1. The molecule has 0 radical (unpaired) electrons. The Hall–Kier alpha value is -2.66. The second-order valence-electron chi connectivity index (χ2n) is 4.52. The van der Waals surface area contributed by atoms with Gasteiger partial charge in [0.1, 0.15) is 0 Å². The molecule has 0 aliphatic rings. The highest BCUT2D eigenvalue weighted by molar-refractivity contribution is 7.80. The van der Waals surface area contributed by atoms with Gasteiger partial charge in [-0.25, -0.2) is 0 Å². The van der Waals surface area contributed by atoms with E-state index in [2.05, 4.69) is 22.5 Å². The summed E-state index contributed by atoms with van der Waals surface area (Å²) >= 11 is 5.15. The second-order valence-corrected chi connectivity index (χ2v) is 4.93. The van der Waals surface area contributed by atoms with Gasteiger partial charge in [0.05, 0.1) is 0 Å². The van der Waals surface area contributed by atoms with Crippen molar-refractivity contribution >= 4 is 34.6 Å². The van der Waals surface area contributed by atoms with Gasteiger partial charge in [-0.15, -0.1) is 6.58 Å². The fraction of sp³-hybridized carbons (Fsp3) is 0.0588. The lowest BCUT2D eigenvalue weighted by Gasteiger charge is -2.11. The predicted octanol–water partition coefficient (Wildman–Crippen LogP) is 3.41. The van der Waals surface area contributed by atoms with Gasteiger partial charge in [-0.3, -0.25) is 4.79 Å². The standard InChI is InChI=1S/C17H17N3OS/c1-2-11-18-17(22)20-15-10-6-9-14(12-15)19-16(21)13-7-4-3-5-8-13/h2-10,12H,1,11H2,(H,19,21)(H2,18,20,22). The molecular formula is C17H17N3OS. The zero-order chi connectivity index (χ0) is 15.8. The van der Waals surface area contributed by atoms with E-state index in [1.54, 1.807) is 18.2 Å². The molecule has 1 amide bonds. The molecule has 0 saturated heterocycles. The zero-order valence-corrected chi connectivity index (χ0v) is 12.8. The molecule has 0 atom stereocenters. The number of benzene rings is 2. The number of anilines is 2. The van der Waals surface area contributed by atoms with Crippen molar-refractivity contribution < 1.29 is 4.79 Å². The summed E-state index contributed by atoms with van der Waals surface area (Å²) in [6.45, 7) is 4.21. The number of amides is 1. The van der Waals surface area contributed by atoms with E-state index in [9.17, 15) is 4.79 Å². The van der Waals surface area contributed by atoms with Crippen molar-refractivity contribution in [2.75, 3.05) is 17.2 Å². The average Bonchev–Trinajstić information content (AvgIpc) is 2.54. The summed E-state index contributed by atoms with van der Waals surface area (Å²) in [6, 6.07) is 16.4. The Labute approximate surface area is 135 Å². The predicted molar refractivity (Wildman–Crippen MR) is 95.3 cm³/mol. The first-order valence-electron chi connectivity index (χ1n) is 6.81. The van der Waals surface area contributed by atoms with Crippen LogP contribution < -0.4 is 16.0 Å². The highest BCUT2D eigenvalue weighted by atomic mass is 32.1. The summed E-state index contributed by atoms with van der Waals surface area (Å²) in [4.78, 5) is 12.1. The Morgan fingerprint density at radius 3 is 2.41 bits per heavy atom. The Morgan fingerprint density at radius 2 is 1.73 bits per heavy atom. The van der Waals surface area contributed by atoms with Gasteiger partial charge in [0, 0.05) is 23.5 Å². The Balaban J connectivity index is 2.01. The summed E-state index contributed by atoms with van der Waals surface area (Å²) in [6.07, 6.45) is 1.73. The molecule has 2 aromatic carbocycles. The van der Waals surface area contributed by atoms with Gasteiger partial charge in [-0.05, 0) is 42.5 Å². The molecule has 0 spiro atoms. The SMILES string of the molecule is C=CCNC(=S)Nc1cccc(NC(=O)c2ccccc2)c1. The van der Waals surface area contributed by atoms with Gasteiger partial charge in [0.2, 0.25) is 0 Å². The number of thiocarbonyl (C=S) groups is 1. The first kappa shape index (κ1) is 15.7. The molecule has 0 aromatic heterocycles. The van der Waals surface area contributed by atoms with Gasteiger partial charge in [0.15, 0.2) is 5.11 Å². The molecule has 0 aliphatic heterocycles. The summed E-state index contributed by atoms with van der Waals surface area (Å²) in [7, 11) is 0. The third-order valence-corrected chi connectivity index (χ3v) is 3.07. The van der Waals surface area contributed by atoms with Crippen LogP contribution in [0.4, 0.5) is 11.4 Å². The number of carbonyl (C=O) groups is 1. The molecule has 0 bridgehead atoms. The van der Waals surface area contributed by atoms with Gasteiger partial charge < -0.3 is 16.0 Å². The number of nitrogens with one attached hydrogen (secondary N) is 3. The van der Waals surface area contributed by atoms with E-state index < -0.39 is 0 Å². The molecule has 0 heterocycles. The van der Waals surface area contributed by atoms with Crippen LogP contribution in [0.1, 0.15) is 10.4 Å². The van der Waals surface area contributed by atoms with Crippen LogP contribution in [0.25, 0.3) is 0 Å². The van der Waals surface area contributed by atoms with Crippen molar-refractivity contribution in [3.8, 4) is 0 Å². The average molecular weight is 311 g/mol. The van der Waals surface area contributed by atoms with E-state index in [1.807, 2.05) is 42.5 Å². The molecule has 0 aliphatic carbocycles. The number of carbonyl (C=O) groups excluding carboxylic acids is 1. The van der Waals surface area contributed by atoms with Crippen LogP contribution in [-0.2, 0) is 0 Å². The molecule has 4 nitrogen and oxygen atoms in total. The molecule has 3 N–H and O–H groups in total. The van der Waals surface area contributed by atoms with Crippen molar-refractivity contribution in [1.82, 2.24) is 5.32 Å². The fourth-order valence-corrected chi connectivity index (χ4v) is 2.01. The summed E-state index contributed by atoms with van der Waals surface area (Å²) in [5, 5.41) is 9.40. The lowest BCUT2D eigenvalue weighted by molar-refractivity contribution is 0.102. The first-order chi connectivity index (χ1) is 10.7. The molecule has 112 valence electrons. The van der Waals surface area contributed by atoms with E-state index in [0.29, 0.717) is 22.9 Å². The van der Waals surface area contributed by atoms with Crippen LogP contribution in [-0.4, -0.2) is 17.6 Å². The van der Waals surface area contributed by atoms with Gasteiger partial charge in [-0.1, -0.05) is 30.3 Å². The minimum absolute atomic E-state index is 0.148. The summed E-state index contributed by atoms with van der Waals surface area (Å²) < 4.78 is 0. The van der Waals surface area contributed by atoms with Gasteiger partial charge in [0.25, 0.3) is 5.91 Å². The quantitative estimate of drug-likeness (QED) is 0.585. The monoisotopic (exact) mass is 311 g/mol. The molecule has 22 heavy (non-hydrogen) atoms. The zero-order valence-electron chi connectivity index (χ0n) is 12.0. The lowest BCUT2D eigenvalue weighted by Crippen LogP contribution is -2.28. The van der Waals surface area contributed by atoms with Crippen molar-refractivity contribution in [3.63, 3.8) is 0 Å². The highest BCUT2D eigenvalue weighted by Crippen LogP contribution is 2.16. The third kappa shape index (κ3) is 4.71. The van der Waals surface area contributed by atoms with E-state index in [4.69, 9.17) is 12.2 Å². The number of rotatable bonds is 5. The smallest absolute Gasteiger partial charge is 0.255 e. The molecule has 5 heteroatoms. The van der Waals surface area contributed by atoms with Gasteiger partial charge >= 0.3 is 0 Å². The van der Waals surface area contributed by atoms with Crippen LogP contribution in [0.3, 0.4) is 0 Å². The van der Waals surface area contributed by atoms with Crippen LogP contribution in [0.5, 0.6) is 0 Å². The number of hydrogen-bond acceptors (Lipinski definition) is 2. The maximum atomic E-state index is 12.1. The first-order valence-corrected chi connectivity index (χ1v) is 7.22. The minimum Gasteiger partial charge on any atom is -0.359 e. The van der Waals surface area contributed by atoms with E-state index in [0.717, 1.165) is 5.69 Å². The van der Waals surface area contributed by atoms with Crippen molar-refractivity contribution in [1.29, 1.82) is 0 Å². The van der Waals surface area contributed by atoms with E-state index in [-0.39, 0.29) is 5.91 Å². The van der Waals surface area contributed by atoms with Crippen LogP contribution in [0, 0.1) is 0 Å². The topological polar surface area (TPSA) is 53.2 Å². The normalized spacial score (nSPS) is 9.64. The lowest BCUT2D eigenvalue weighted by atomic mass is 10.2. The Bertz CT molecular complexity index is 671. The van der Waals surface area contributed by atoms with Crippen LogP contribution >= 0.6 is 12.2 Å². The Morgan fingerprint density at radius 1 is 1.05 bits per heavy atom. The van der Waals surface area contributed by atoms with Crippen LogP contribution in [0.15, 0.2) is 67.3 Å². The fourth-order valence-electron chi connectivity index (χ4n) is 1.81. The summed E-state index contributed by atoms with van der Waals surface area (Å²) in [5.41, 5.74) is 2.11. The maximum Gasteiger partial charge on any atom is 0.255 e. The van der Waals surface area contributed by atoms with Gasteiger partial charge in [-0.2, -0.15) is 0 Å². The summed E-state index contributed by atoms with van der Waals surface area (Å²) in [5.74, 6) is -0.148. The molecule has 0 saturated carbocycles. The third-order valence-electron chi connectivity index (χ3n) is 2.82. The largest absolute Gasteiger partial charge is 0.359 e. The Kier molecular flexibility index (Phi) is 5.68. The molecule has 0 unspecified atom stereocenters. The minimum atomic E-state index is -0.148. The highest BCUT2D eigenvalue weighted by Gasteiger charge is 2.05.